The van der Waals surface area contributed by atoms with E-state index in [1.54, 1.807) is 11.3 Å². The second-order valence-corrected chi connectivity index (χ2v) is 12.2. The number of fused-ring (bicyclic) bond motifs is 5. The maximum Gasteiger partial charge on any atom is 0.195 e. The van der Waals surface area contributed by atoms with Crippen molar-refractivity contribution in [2.24, 2.45) is 0 Å². The zero-order valence-corrected chi connectivity index (χ0v) is 23.1. The lowest BCUT2D eigenvalue weighted by molar-refractivity contribution is 1.59. The molecule has 0 saturated carbocycles. The molecule has 40 heavy (non-hydrogen) atoms. The predicted molar refractivity (Wildman–Crippen MR) is 175 cm³/mol. The molecule has 8 rings (SSSR count). The summed E-state index contributed by atoms with van der Waals surface area (Å²) in [5, 5.41) is 4.20. The summed E-state index contributed by atoms with van der Waals surface area (Å²) in [6.45, 7) is 0. The van der Waals surface area contributed by atoms with Crippen LogP contribution in [0.1, 0.15) is 0 Å². The minimum Gasteiger partial charge on any atom is -0.289 e. The van der Waals surface area contributed by atoms with E-state index in [9.17, 15) is 4.79 Å². The Morgan fingerprint density at radius 1 is 0.375 bits per heavy atom. The van der Waals surface area contributed by atoms with Crippen molar-refractivity contribution in [3.05, 3.63) is 144 Å². The Morgan fingerprint density at radius 3 is 1.70 bits per heavy atom. The van der Waals surface area contributed by atoms with Crippen molar-refractivity contribution >= 4 is 63.0 Å². The molecule has 0 fully saturated rings. The van der Waals surface area contributed by atoms with Crippen LogP contribution >= 0.6 is 22.7 Å². The van der Waals surface area contributed by atoms with Crippen molar-refractivity contribution in [2.45, 2.75) is 0 Å². The Bertz CT molecular complexity index is 2300. The fourth-order valence-corrected chi connectivity index (χ4v) is 7.99. The summed E-state index contributed by atoms with van der Waals surface area (Å²) < 4.78 is 4.69. The quantitative estimate of drug-likeness (QED) is 0.201. The molecule has 3 heteroatoms. The van der Waals surface area contributed by atoms with Gasteiger partial charge in [0.15, 0.2) is 5.43 Å². The fourth-order valence-electron chi connectivity index (χ4n) is 5.70. The van der Waals surface area contributed by atoms with E-state index in [2.05, 4.69) is 109 Å². The van der Waals surface area contributed by atoms with E-state index < -0.39 is 0 Å². The van der Waals surface area contributed by atoms with E-state index in [1.165, 1.54) is 36.9 Å². The maximum absolute atomic E-state index is 13.3. The Balaban J connectivity index is 1.22. The van der Waals surface area contributed by atoms with Crippen LogP contribution < -0.4 is 5.43 Å². The number of benzene rings is 6. The van der Waals surface area contributed by atoms with Crippen molar-refractivity contribution < 1.29 is 0 Å². The van der Waals surface area contributed by atoms with Gasteiger partial charge >= 0.3 is 0 Å². The summed E-state index contributed by atoms with van der Waals surface area (Å²) in [5.74, 6) is 0. The van der Waals surface area contributed by atoms with Gasteiger partial charge in [0, 0.05) is 40.3 Å². The molecule has 0 atom stereocenters. The minimum atomic E-state index is 0.102. The van der Waals surface area contributed by atoms with Crippen LogP contribution in [0.25, 0.3) is 73.7 Å². The van der Waals surface area contributed by atoms with Crippen LogP contribution in [0.4, 0.5) is 0 Å². The van der Waals surface area contributed by atoms with Crippen molar-refractivity contribution in [1.82, 2.24) is 0 Å². The van der Waals surface area contributed by atoms with Crippen LogP contribution in [0.5, 0.6) is 0 Å². The second-order valence-electron chi connectivity index (χ2n) is 10.1. The maximum atomic E-state index is 13.3. The third-order valence-corrected chi connectivity index (χ3v) is 10.1. The molecule has 0 bridgehead atoms. The average molecular weight is 547 g/mol. The zero-order chi connectivity index (χ0) is 26.6. The standard InChI is InChI=1S/C37H22OS2/c38-36-31-13-2-4-17-34(31)39-35-19-18-26(22-32(35)36)24-9-5-8-23(20-24)25-10-6-11-27(21-25)28-14-7-15-30-29-12-1-3-16-33(29)40-37(28)30/h1-22H. The van der Waals surface area contributed by atoms with Gasteiger partial charge in [-0.1, -0.05) is 91.0 Å². The van der Waals surface area contributed by atoms with Crippen LogP contribution in [0.3, 0.4) is 0 Å². The summed E-state index contributed by atoms with van der Waals surface area (Å²) >= 11 is 3.53. The van der Waals surface area contributed by atoms with Gasteiger partial charge in [0.1, 0.15) is 0 Å². The molecule has 0 spiro atoms. The van der Waals surface area contributed by atoms with Gasteiger partial charge in [0.25, 0.3) is 0 Å². The molecule has 6 aromatic carbocycles. The third-order valence-electron chi connectivity index (χ3n) is 7.68. The van der Waals surface area contributed by atoms with Gasteiger partial charge < -0.3 is 0 Å². The summed E-state index contributed by atoms with van der Waals surface area (Å²) in [6.07, 6.45) is 0. The lowest BCUT2D eigenvalue weighted by atomic mass is 9.95. The van der Waals surface area contributed by atoms with Crippen LogP contribution in [0, 0.1) is 0 Å². The van der Waals surface area contributed by atoms with Crippen LogP contribution in [0.2, 0.25) is 0 Å². The first kappa shape index (κ1) is 23.3. The van der Waals surface area contributed by atoms with Crippen molar-refractivity contribution in [1.29, 1.82) is 0 Å². The molecular formula is C37H22OS2. The van der Waals surface area contributed by atoms with E-state index in [4.69, 9.17) is 0 Å². The lowest BCUT2D eigenvalue weighted by Gasteiger charge is -2.10. The summed E-state index contributed by atoms with van der Waals surface area (Å²) in [5.41, 5.74) is 7.08. The fraction of sp³-hybridized carbons (Fsp3) is 0. The van der Waals surface area contributed by atoms with E-state index in [1.807, 2.05) is 35.6 Å². The summed E-state index contributed by atoms with van der Waals surface area (Å²) in [7, 11) is 0. The average Bonchev–Trinajstić information content (AvgIpc) is 3.40. The van der Waals surface area contributed by atoms with Crippen LogP contribution in [0.15, 0.2) is 138 Å². The highest BCUT2D eigenvalue weighted by atomic mass is 32.1. The SMILES string of the molecule is O=c1c2ccccc2sc2ccc(-c3cccc(-c4cccc(-c5cccc6c5sc5ccccc56)c4)c3)cc12. The monoisotopic (exact) mass is 546 g/mol. The van der Waals surface area contributed by atoms with Crippen LogP contribution in [-0.2, 0) is 0 Å². The Hall–Kier alpha value is -4.57. The second kappa shape index (κ2) is 9.27. The normalized spacial score (nSPS) is 11.6. The molecular weight excluding hydrogens is 525 g/mol. The van der Waals surface area contributed by atoms with E-state index >= 15 is 0 Å². The molecule has 0 amide bonds. The summed E-state index contributed by atoms with van der Waals surface area (Å²) in [6, 6.07) is 46.9. The largest absolute Gasteiger partial charge is 0.289 e. The minimum absolute atomic E-state index is 0.102. The molecule has 188 valence electrons. The molecule has 8 aromatic rings. The van der Waals surface area contributed by atoms with Gasteiger partial charge in [0.2, 0.25) is 0 Å². The Morgan fingerprint density at radius 2 is 0.925 bits per heavy atom. The molecule has 0 N–H and O–H groups in total. The highest BCUT2D eigenvalue weighted by molar-refractivity contribution is 7.26. The number of hydrogen-bond donors (Lipinski definition) is 0. The molecule has 0 unspecified atom stereocenters. The Labute approximate surface area is 239 Å². The molecule has 0 aliphatic carbocycles. The van der Waals surface area contributed by atoms with Gasteiger partial charge in [-0.15, -0.1) is 22.7 Å². The van der Waals surface area contributed by atoms with Crippen molar-refractivity contribution in [2.75, 3.05) is 0 Å². The lowest BCUT2D eigenvalue weighted by Crippen LogP contribution is -2.00. The molecule has 1 nitrogen and oxygen atoms in total. The van der Waals surface area contributed by atoms with Gasteiger partial charge in [-0.3, -0.25) is 4.79 Å². The number of rotatable bonds is 3. The Kier molecular flexibility index (Phi) is 5.41. The number of thiophene rings is 1. The van der Waals surface area contributed by atoms with E-state index in [0.29, 0.717) is 0 Å². The smallest absolute Gasteiger partial charge is 0.195 e. The highest BCUT2D eigenvalue weighted by Crippen LogP contribution is 2.40. The van der Waals surface area contributed by atoms with Gasteiger partial charge in [-0.05, 0) is 75.8 Å². The van der Waals surface area contributed by atoms with Gasteiger partial charge in [-0.25, -0.2) is 0 Å². The van der Waals surface area contributed by atoms with Crippen LogP contribution in [-0.4, -0.2) is 0 Å². The molecule has 0 aliphatic rings. The predicted octanol–water partition coefficient (Wildman–Crippen LogP) is 10.8. The van der Waals surface area contributed by atoms with E-state index in [0.717, 1.165) is 36.9 Å². The van der Waals surface area contributed by atoms with Gasteiger partial charge in [-0.2, -0.15) is 0 Å². The molecule has 0 radical (unpaired) electrons. The van der Waals surface area contributed by atoms with Gasteiger partial charge in [0.05, 0.1) is 0 Å². The third kappa shape index (κ3) is 3.78. The highest BCUT2D eigenvalue weighted by Gasteiger charge is 2.12. The zero-order valence-electron chi connectivity index (χ0n) is 21.4. The summed E-state index contributed by atoms with van der Waals surface area (Å²) in [4.78, 5) is 13.3. The molecule has 2 aromatic heterocycles. The van der Waals surface area contributed by atoms with E-state index in [-0.39, 0.29) is 5.43 Å². The molecule has 2 heterocycles. The molecule has 0 saturated heterocycles. The first-order chi connectivity index (χ1) is 19.7. The first-order valence-corrected chi connectivity index (χ1v) is 14.9. The number of hydrogen-bond acceptors (Lipinski definition) is 3. The van der Waals surface area contributed by atoms with Crippen molar-refractivity contribution in [3.63, 3.8) is 0 Å². The van der Waals surface area contributed by atoms with Crippen molar-refractivity contribution in [3.8, 4) is 33.4 Å². The first-order valence-electron chi connectivity index (χ1n) is 13.3. The topological polar surface area (TPSA) is 17.1 Å². The molecule has 0 aliphatic heterocycles.